The van der Waals surface area contributed by atoms with Crippen LogP contribution < -0.4 is 5.32 Å². The summed E-state index contributed by atoms with van der Waals surface area (Å²) in [6.07, 6.45) is 0.746. The second kappa shape index (κ2) is 6.53. The topological polar surface area (TPSA) is 94.1 Å². The van der Waals surface area contributed by atoms with Gasteiger partial charge in [0, 0.05) is 18.2 Å². The van der Waals surface area contributed by atoms with Gasteiger partial charge in [-0.25, -0.2) is 0 Å². The van der Waals surface area contributed by atoms with Crippen LogP contribution in [-0.4, -0.2) is 15.1 Å². The highest BCUT2D eigenvalue weighted by molar-refractivity contribution is 6.32. The number of nitro benzene ring substituents is 1. The highest BCUT2D eigenvalue weighted by atomic mass is 35.5. The molecule has 0 unspecified atom stereocenters. The first kappa shape index (κ1) is 15.2. The Morgan fingerprint density at radius 3 is 2.90 bits per heavy atom. The molecule has 0 aliphatic heterocycles. The number of halogens is 1. The summed E-state index contributed by atoms with van der Waals surface area (Å²) in [5.74, 6) is 1.54. The lowest BCUT2D eigenvalue weighted by Gasteiger charge is -2.03. The molecule has 0 spiro atoms. The summed E-state index contributed by atoms with van der Waals surface area (Å²) in [5.41, 5.74) is 0.419. The predicted octanol–water partition coefficient (Wildman–Crippen LogP) is 3.44. The number of aromatic nitrogens is 2. The quantitative estimate of drug-likeness (QED) is 0.648. The standard InChI is InChI=1S/C13H15ClN4O3/c1-8(2)5-12-16-13(21-17-12)7-15-9-3-4-10(14)11(6-9)18(19)20/h3-4,6,8,15H,5,7H2,1-2H3. The number of benzene rings is 1. The molecule has 8 heteroatoms. The van der Waals surface area contributed by atoms with Crippen molar-refractivity contribution in [1.82, 2.24) is 10.1 Å². The van der Waals surface area contributed by atoms with Crippen LogP contribution in [0.2, 0.25) is 5.02 Å². The summed E-state index contributed by atoms with van der Waals surface area (Å²) in [6.45, 7) is 4.44. The van der Waals surface area contributed by atoms with E-state index in [4.69, 9.17) is 16.1 Å². The maximum absolute atomic E-state index is 10.8. The van der Waals surface area contributed by atoms with Gasteiger partial charge in [0.2, 0.25) is 5.89 Å². The molecule has 112 valence electrons. The first-order valence-corrected chi connectivity index (χ1v) is 6.82. The van der Waals surface area contributed by atoms with E-state index in [1.54, 1.807) is 6.07 Å². The van der Waals surface area contributed by atoms with Crippen LogP contribution in [0.15, 0.2) is 22.7 Å². The average Bonchev–Trinajstić information content (AvgIpc) is 2.84. The first-order valence-electron chi connectivity index (χ1n) is 6.45. The van der Waals surface area contributed by atoms with E-state index in [2.05, 4.69) is 29.3 Å². The summed E-state index contributed by atoms with van der Waals surface area (Å²) >= 11 is 5.75. The Bertz CT molecular complexity index is 642. The number of nitrogens with one attached hydrogen (secondary N) is 1. The predicted molar refractivity (Wildman–Crippen MR) is 78.3 cm³/mol. The van der Waals surface area contributed by atoms with Gasteiger partial charge in [-0.2, -0.15) is 4.98 Å². The third kappa shape index (κ3) is 4.16. The van der Waals surface area contributed by atoms with Gasteiger partial charge in [-0.1, -0.05) is 30.6 Å². The third-order valence-electron chi connectivity index (χ3n) is 2.69. The van der Waals surface area contributed by atoms with Crippen LogP contribution >= 0.6 is 11.6 Å². The van der Waals surface area contributed by atoms with E-state index >= 15 is 0 Å². The van der Waals surface area contributed by atoms with E-state index in [0.717, 1.165) is 6.42 Å². The number of nitro groups is 1. The fourth-order valence-corrected chi connectivity index (χ4v) is 1.94. The van der Waals surface area contributed by atoms with E-state index in [9.17, 15) is 10.1 Å². The molecule has 2 rings (SSSR count). The van der Waals surface area contributed by atoms with Crippen LogP contribution in [0.1, 0.15) is 25.6 Å². The molecule has 0 fully saturated rings. The molecule has 0 saturated carbocycles. The van der Waals surface area contributed by atoms with Gasteiger partial charge in [0.15, 0.2) is 5.82 Å². The molecule has 1 aromatic carbocycles. The molecule has 1 heterocycles. The second-order valence-corrected chi connectivity index (χ2v) is 5.39. The highest BCUT2D eigenvalue weighted by Gasteiger charge is 2.13. The summed E-state index contributed by atoms with van der Waals surface area (Å²) in [6, 6.07) is 4.49. The zero-order chi connectivity index (χ0) is 15.4. The van der Waals surface area contributed by atoms with Crippen molar-refractivity contribution < 1.29 is 9.45 Å². The van der Waals surface area contributed by atoms with Gasteiger partial charge in [-0.15, -0.1) is 0 Å². The van der Waals surface area contributed by atoms with Gasteiger partial charge in [-0.3, -0.25) is 10.1 Å². The Morgan fingerprint density at radius 1 is 1.48 bits per heavy atom. The third-order valence-corrected chi connectivity index (χ3v) is 3.01. The van der Waals surface area contributed by atoms with Crippen molar-refractivity contribution in [2.75, 3.05) is 5.32 Å². The molecule has 0 saturated heterocycles. The molecule has 2 aromatic rings. The van der Waals surface area contributed by atoms with Gasteiger partial charge < -0.3 is 9.84 Å². The molecular weight excluding hydrogens is 296 g/mol. The minimum absolute atomic E-state index is 0.0996. The van der Waals surface area contributed by atoms with Crippen LogP contribution in [0.5, 0.6) is 0 Å². The molecular formula is C13H15ClN4O3. The van der Waals surface area contributed by atoms with Gasteiger partial charge in [0.1, 0.15) is 5.02 Å². The Morgan fingerprint density at radius 2 is 2.24 bits per heavy atom. The number of rotatable bonds is 6. The fraction of sp³-hybridized carbons (Fsp3) is 0.385. The second-order valence-electron chi connectivity index (χ2n) is 4.98. The molecule has 0 aliphatic rings. The van der Waals surface area contributed by atoms with E-state index < -0.39 is 4.92 Å². The monoisotopic (exact) mass is 310 g/mol. The summed E-state index contributed by atoms with van der Waals surface area (Å²) in [4.78, 5) is 14.5. The lowest BCUT2D eigenvalue weighted by Crippen LogP contribution is -2.01. The zero-order valence-corrected chi connectivity index (χ0v) is 12.4. The van der Waals surface area contributed by atoms with Crippen molar-refractivity contribution in [3.63, 3.8) is 0 Å². The van der Waals surface area contributed by atoms with Gasteiger partial charge in [0.05, 0.1) is 11.5 Å². The highest BCUT2D eigenvalue weighted by Crippen LogP contribution is 2.27. The Balaban J connectivity index is 2.01. The lowest BCUT2D eigenvalue weighted by molar-refractivity contribution is -0.384. The van der Waals surface area contributed by atoms with Gasteiger partial charge >= 0.3 is 0 Å². The molecule has 0 aliphatic carbocycles. The molecule has 0 amide bonds. The number of hydrogen-bond acceptors (Lipinski definition) is 6. The zero-order valence-electron chi connectivity index (χ0n) is 11.7. The smallest absolute Gasteiger partial charge is 0.289 e. The average molecular weight is 311 g/mol. The van der Waals surface area contributed by atoms with Crippen molar-refractivity contribution in [2.45, 2.75) is 26.8 Å². The largest absolute Gasteiger partial charge is 0.376 e. The van der Waals surface area contributed by atoms with Crippen LogP contribution in [0, 0.1) is 16.0 Å². The van der Waals surface area contributed by atoms with Crippen molar-refractivity contribution in [3.8, 4) is 0 Å². The van der Waals surface area contributed by atoms with Crippen molar-refractivity contribution in [1.29, 1.82) is 0 Å². The lowest BCUT2D eigenvalue weighted by atomic mass is 10.1. The number of hydrogen-bond donors (Lipinski definition) is 1. The molecule has 0 bridgehead atoms. The number of nitrogens with zero attached hydrogens (tertiary/aromatic N) is 3. The van der Waals surface area contributed by atoms with Crippen molar-refractivity contribution in [2.24, 2.45) is 5.92 Å². The number of anilines is 1. The Hall–Kier alpha value is -2.15. The molecule has 1 N–H and O–H groups in total. The van der Waals surface area contributed by atoms with Crippen LogP contribution in [-0.2, 0) is 13.0 Å². The SMILES string of the molecule is CC(C)Cc1noc(CNc2ccc(Cl)c([N+](=O)[O-])c2)n1. The maximum atomic E-state index is 10.8. The minimum Gasteiger partial charge on any atom is -0.376 e. The van der Waals surface area contributed by atoms with Crippen LogP contribution in [0.3, 0.4) is 0 Å². The molecule has 0 atom stereocenters. The molecule has 21 heavy (non-hydrogen) atoms. The molecule has 0 radical (unpaired) electrons. The first-order chi connectivity index (χ1) is 9.95. The van der Waals surface area contributed by atoms with Gasteiger partial charge in [0.25, 0.3) is 5.69 Å². The summed E-state index contributed by atoms with van der Waals surface area (Å²) < 4.78 is 5.11. The van der Waals surface area contributed by atoms with E-state index in [1.165, 1.54) is 12.1 Å². The van der Waals surface area contributed by atoms with Crippen molar-refractivity contribution in [3.05, 3.63) is 45.1 Å². The summed E-state index contributed by atoms with van der Waals surface area (Å²) in [7, 11) is 0. The Kier molecular flexibility index (Phi) is 4.74. The van der Waals surface area contributed by atoms with Crippen LogP contribution in [0.25, 0.3) is 0 Å². The fourth-order valence-electron chi connectivity index (χ4n) is 1.75. The van der Waals surface area contributed by atoms with E-state index in [1.807, 2.05) is 0 Å². The Labute approximate surface area is 126 Å². The van der Waals surface area contributed by atoms with Crippen LogP contribution in [0.4, 0.5) is 11.4 Å². The van der Waals surface area contributed by atoms with Crippen molar-refractivity contribution >= 4 is 23.0 Å². The normalized spacial score (nSPS) is 10.9. The molecule has 1 aromatic heterocycles. The minimum atomic E-state index is -0.527. The molecule has 7 nitrogen and oxygen atoms in total. The summed E-state index contributed by atoms with van der Waals surface area (Å²) in [5, 5.41) is 17.8. The van der Waals surface area contributed by atoms with E-state index in [0.29, 0.717) is 29.9 Å². The maximum Gasteiger partial charge on any atom is 0.289 e. The van der Waals surface area contributed by atoms with Gasteiger partial charge in [-0.05, 0) is 18.1 Å². The van der Waals surface area contributed by atoms with E-state index in [-0.39, 0.29) is 10.7 Å².